The van der Waals surface area contributed by atoms with Crippen molar-refractivity contribution in [2.75, 3.05) is 0 Å². The van der Waals surface area contributed by atoms with Gasteiger partial charge in [-0.05, 0) is 53.4 Å². The molecule has 7 aromatic rings. The van der Waals surface area contributed by atoms with Gasteiger partial charge in [0.15, 0.2) is 0 Å². The lowest BCUT2D eigenvalue weighted by atomic mass is 9.97. The van der Waals surface area contributed by atoms with Crippen molar-refractivity contribution in [3.05, 3.63) is 145 Å². The van der Waals surface area contributed by atoms with Crippen molar-refractivity contribution >= 4 is 21.8 Å². The molecule has 0 bridgehead atoms. The zero-order valence-electron chi connectivity index (χ0n) is 22.0. The number of nitrogens with zero attached hydrogens (tertiary/aromatic N) is 3. The Morgan fingerprint density at radius 2 is 1.10 bits per heavy atom. The van der Waals surface area contributed by atoms with Crippen LogP contribution in [0.1, 0.15) is 11.1 Å². The molecule has 2 heterocycles. The van der Waals surface area contributed by atoms with E-state index in [1.54, 1.807) is 12.4 Å². The Balaban J connectivity index is 1.68. The molecule has 3 heteroatoms. The summed E-state index contributed by atoms with van der Waals surface area (Å²) in [6, 6.07) is 44.8. The van der Waals surface area contributed by atoms with Crippen molar-refractivity contribution in [1.82, 2.24) is 9.55 Å². The molecule has 3 nitrogen and oxygen atoms in total. The highest BCUT2D eigenvalue weighted by molar-refractivity contribution is 6.17. The molecule has 0 aliphatic carbocycles. The fourth-order valence-corrected chi connectivity index (χ4v) is 5.86. The van der Waals surface area contributed by atoms with Gasteiger partial charge in [-0.15, -0.1) is 0 Å². The van der Waals surface area contributed by atoms with E-state index in [2.05, 4.69) is 126 Å². The number of fused-ring (bicyclic) bond motifs is 3. The normalized spacial score (nSPS) is 11.1. The maximum atomic E-state index is 10.1. The van der Waals surface area contributed by atoms with Crippen molar-refractivity contribution in [3.8, 4) is 45.1 Å². The second kappa shape index (κ2) is 9.69. The molecule has 7 rings (SSSR count). The predicted octanol–water partition coefficient (Wildman–Crippen LogP) is 9.36. The molecule has 0 saturated carbocycles. The Hall–Kier alpha value is -5.46. The number of pyridine rings is 1. The van der Waals surface area contributed by atoms with Crippen LogP contribution in [0.3, 0.4) is 0 Å². The minimum absolute atomic E-state index is 0.653. The molecule has 0 fully saturated rings. The van der Waals surface area contributed by atoms with E-state index in [0.29, 0.717) is 5.56 Å². The number of rotatable bonds is 4. The van der Waals surface area contributed by atoms with E-state index in [0.717, 1.165) is 33.4 Å². The predicted molar refractivity (Wildman–Crippen MR) is 164 cm³/mol. The summed E-state index contributed by atoms with van der Waals surface area (Å²) in [5.74, 6) is 0. The van der Waals surface area contributed by atoms with Gasteiger partial charge in [0.05, 0.1) is 22.7 Å². The number of nitriles is 1. The van der Waals surface area contributed by atoms with Gasteiger partial charge >= 0.3 is 0 Å². The third-order valence-electron chi connectivity index (χ3n) is 7.67. The second-order valence-electron chi connectivity index (χ2n) is 10.0. The molecule has 0 amide bonds. The molecule has 0 atom stereocenters. The van der Waals surface area contributed by atoms with Crippen molar-refractivity contribution in [3.63, 3.8) is 0 Å². The SMILES string of the molecule is Cc1cc(C#N)c(-c2ccncc2)cc1-n1c2c(-c3ccccc3)cccc2c2cccc(-c3ccccc3)c21. The highest BCUT2D eigenvalue weighted by Crippen LogP contribution is 2.43. The summed E-state index contributed by atoms with van der Waals surface area (Å²) in [4.78, 5) is 4.20. The third kappa shape index (κ3) is 3.78. The average Bonchev–Trinajstić information content (AvgIpc) is 3.37. The number of benzene rings is 5. The lowest BCUT2D eigenvalue weighted by Gasteiger charge is -2.18. The topological polar surface area (TPSA) is 41.6 Å². The number of hydrogen-bond acceptors (Lipinski definition) is 2. The van der Waals surface area contributed by atoms with Gasteiger partial charge in [-0.25, -0.2) is 0 Å². The summed E-state index contributed by atoms with van der Waals surface area (Å²) in [5, 5.41) is 12.5. The van der Waals surface area contributed by atoms with Crippen molar-refractivity contribution in [2.24, 2.45) is 0 Å². The Labute approximate surface area is 233 Å². The maximum absolute atomic E-state index is 10.1. The summed E-state index contributed by atoms with van der Waals surface area (Å²) in [6.45, 7) is 2.10. The Kier molecular flexibility index (Phi) is 5.73. The lowest BCUT2D eigenvalue weighted by molar-refractivity contribution is 1.15. The monoisotopic (exact) mass is 511 g/mol. The van der Waals surface area contributed by atoms with Crippen LogP contribution in [-0.4, -0.2) is 9.55 Å². The standard InChI is InChI=1S/C37H25N3/c1-25-22-29(24-38)34(28-18-20-39-21-19-28)23-35(25)40-36-30(26-10-4-2-5-11-26)14-8-16-32(36)33-17-9-15-31(37(33)40)27-12-6-3-7-13-27/h2-23H,1H3. The van der Waals surface area contributed by atoms with Crippen LogP contribution in [0.15, 0.2) is 134 Å². The van der Waals surface area contributed by atoms with Gasteiger partial charge in [0.25, 0.3) is 0 Å². The molecule has 0 aliphatic rings. The van der Waals surface area contributed by atoms with Gasteiger partial charge in [-0.3, -0.25) is 4.98 Å². The smallest absolute Gasteiger partial charge is 0.0998 e. The van der Waals surface area contributed by atoms with Crippen LogP contribution in [0, 0.1) is 18.3 Å². The highest BCUT2D eigenvalue weighted by Gasteiger charge is 2.21. The summed E-state index contributed by atoms with van der Waals surface area (Å²) in [7, 11) is 0. The molecule has 0 spiro atoms. The van der Waals surface area contributed by atoms with Crippen LogP contribution >= 0.6 is 0 Å². The Morgan fingerprint density at radius 3 is 1.62 bits per heavy atom. The number of aryl methyl sites for hydroxylation is 1. The molecule has 0 saturated heterocycles. The maximum Gasteiger partial charge on any atom is 0.0998 e. The van der Waals surface area contributed by atoms with E-state index < -0.39 is 0 Å². The van der Waals surface area contributed by atoms with Crippen molar-refractivity contribution < 1.29 is 0 Å². The molecule has 2 aromatic heterocycles. The molecule has 5 aromatic carbocycles. The molecule has 0 radical (unpaired) electrons. The van der Waals surface area contributed by atoms with Crippen LogP contribution in [0.5, 0.6) is 0 Å². The first kappa shape index (κ1) is 23.6. The fourth-order valence-electron chi connectivity index (χ4n) is 5.86. The van der Waals surface area contributed by atoms with Gasteiger partial charge in [0.2, 0.25) is 0 Å². The first-order chi connectivity index (χ1) is 19.7. The fraction of sp³-hybridized carbons (Fsp3) is 0.0270. The summed E-state index contributed by atoms with van der Waals surface area (Å²) < 4.78 is 2.41. The van der Waals surface area contributed by atoms with Crippen molar-refractivity contribution in [1.29, 1.82) is 5.26 Å². The Morgan fingerprint density at radius 1 is 0.575 bits per heavy atom. The number of aromatic nitrogens is 2. The van der Waals surface area contributed by atoms with E-state index in [1.807, 2.05) is 18.2 Å². The van der Waals surface area contributed by atoms with Gasteiger partial charge in [-0.2, -0.15) is 5.26 Å². The van der Waals surface area contributed by atoms with Gasteiger partial charge in [-0.1, -0.05) is 97.1 Å². The van der Waals surface area contributed by atoms with Crippen LogP contribution in [0.25, 0.3) is 60.9 Å². The quantitative estimate of drug-likeness (QED) is 0.236. The van der Waals surface area contributed by atoms with Crippen LogP contribution in [-0.2, 0) is 0 Å². The summed E-state index contributed by atoms with van der Waals surface area (Å²) >= 11 is 0. The molecule has 40 heavy (non-hydrogen) atoms. The first-order valence-electron chi connectivity index (χ1n) is 13.4. The molecule has 0 N–H and O–H groups in total. The van der Waals surface area contributed by atoms with Crippen LogP contribution < -0.4 is 0 Å². The zero-order chi connectivity index (χ0) is 27.1. The minimum atomic E-state index is 0.653. The van der Waals surface area contributed by atoms with Gasteiger partial charge in [0.1, 0.15) is 0 Å². The van der Waals surface area contributed by atoms with Gasteiger partial charge < -0.3 is 4.57 Å². The average molecular weight is 512 g/mol. The Bertz CT molecular complexity index is 1950. The summed E-state index contributed by atoms with van der Waals surface area (Å²) in [6.07, 6.45) is 3.55. The first-order valence-corrected chi connectivity index (χ1v) is 13.4. The molecule has 0 aliphatic heterocycles. The minimum Gasteiger partial charge on any atom is -0.308 e. The largest absolute Gasteiger partial charge is 0.308 e. The van der Waals surface area contributed by atoms with E-state index in [-0.39, 0.29) is 0 Å². The third-order valence-corrected chi connectivity index (χ3v) is 7.67. The van der Waals surface area contributed by atoms with Crippen molar-refractivity contribution in [2.45, 2.75) is 6.92 Å². The lowest BCUT2D eigenvalue weighted by Crippen LogP contribution is -2.01. The molecule has 0 unspecified atom stereocenters. The van der Waals surface area contributed by atoms with Gasteiger partial charge in [0, 0.05) is 45.5 Å². The highest BCUT2D eigenvalue weighted by atomic mass is 15.0. The van der Waals surface area contributed by atoms with E-state index in [4.69, 9.17) is 0 Å². The number of para-hydroxylation sites is 2. The number of hydrogen-bond donors (Lipinski definition) is 0. The molecular weight excluding hydrogens is 486 g/mol. The molecular formula is C37H25N3. The van der Waals surface area contributed by atoms with E-state index in [9.17, 15) is 5.26 Å². The van der Waals surface area contributed by atoms with E-state index in [1.165, 1.54) is 33.0 Å². The second-order valence-corrected chi connectivity index (χ2v) is 10.0. The zero-order valence-corrected chi connectivity index (χ0v) is 22.0. The molecule has 188 valence electrons. The van der Waals surface area contributed by atoms with E-state index >= 15 is 0 Å². The van der Waals surface area contributed by atoms with Crippen LogP contribution in [0.4, 0.5) is 0 Å². The van der Waals surface area contributed by atoms with Crippen LogP contribution in [0.2, 0.25) is 0 Å². The summed E-state index contributed by atoms with van der Waals surface area (Å²) in [5.41, 5.74) is 11.6.